The first kappa shape index (κ1) is 10.7. The second kappa shape index (κ2) is 4.01. The molecule has 0 bridgehead atoms. The van der Waals surface area contributed by atoms with E-state index < -0.39 is 0 Å². The fourth-order valence-corrected chi connectivity index (χ4v) is 1.52. The number of nitrogen functional groups attached to an aromatic ring is 1. The zero-order chi connectivity index (χ0) is 11.7. The standard InChI is InChI=1S/C9H9BrN4O2/c1-14-8(5(11)4-12-14)13-9(15)6-2-3-7(10)16-6/h2-4H,11H2,1H3,(H,13,15). The molecule has 0 unspecified atom stereocenters. The number of anilines is 2. The summed E-state index contributed by atoms with van der Waals surface area (Å²) in [6.07, 6.45) is 1.47. The maximum Gasteiger partial charge on any atom is 0.292 e. The zero-order valence-electron chi connectivity index (χ0n) is 8.40. The summed E-state index contributed by atoms with van der Waals surface area (Å²) in [6, 6.07) is 3.20. The SMILES string of the molecule is Cn1ncc(N)c1NC(=O)c1ccc(Br)o1. The van der Waals surface area contributed by atoms with Crippen LogP contribution in [0.1, 0.15) is 10.6 Å². The smallest absolute Gasteiger partial charge is 0.292 e. The number of hydrogen-bond donors (Lipinski definition) is 2. The average Bonchev–Trinajstić information content (AvgIpc) is 2.79. The van der Waals surface area contributed by atoms with Crippen LogP contribution in [0.2, 0.25) is 0 Å². The number of nitrogens with two attached hydrogens (primary N) is 1. The third-order valence-electron chi connectivity index (χ3n) is 2.00. The van der Waals surface area contributed by atoms with Gasteiger partial charge < -0.3 is 15.5 Å². The minimum absolute atomic E-state index is 0.201. The van der Waals surface area contributed by atoms with Crippen LogP contribution in [0.4, 0.5) is 11.5 Å². The van der Waals surface area contributed by atoms with Gasteiger partial charge in [0.15, 0.2) is 16.2 Å². The van der Waals surface area contributed by atoms with Gasteiger partial charge in [-0.15, -0.1) is 0 Å². The topological polar surface area (TPSA) is 86.1 Å². The summed E-state index contributed by atoms with van der Waals surface area (Å²) in [5, 5.41) is 6.52. The number of nitrogens with one attached hydrogen (secondary N) is 1. The molecule has 0 fully saturated rings. The van der Waals surface area contributed by atoms with Gasteiger partial charge in [-0.25, -0.2) is 0 Å². The normalized spacial score (nSPS) is 10.4. The molecule has 84 valence electrons. The van der Waals surface area contributed by atoms with Gasteiger partial charge in [0, 0.05) is 7.05 Å². The van der Waals surface area contributed by atoms with E-state index in [0.29, 0.717) is 16.2 Å². The highest BCUT2D eigenvalue weighted by Gasteiger charge is 2.14. The summed E-state index contributed by atoms with van der Waals surface area (Å²) in [7, 11) is 1.68. The number of halogens is 1. The van der Waals surface area contributed by atoms with Gasteiger partial charge in [-0.2, -0.15) is 5.10 Å². The Morgan fingerprint density at radius 3 is 2.88 bits per heavy atom. The minimum Gasteiger partial charge on any atom is -0.444 e. The minimum atomic E-state index is -0.374. The molecule has 7 heteroatoms. The third kappa shape index (κ3) is 1.94. The fraction of sp³-hybridized carbons (Fsp3) is 0.111. The molecule has 6 nitrogen and oxygen atoms in total. The van der Waals surface area contributed by atoms with E-state index in [1.165, 1.54) is 10.9 Å². The second-order valence-corrected chi connectivity index (χ2v) is 3.91. The highest BCUT2D eigenvalue weighted by molar-refractivity contribution is 9.10. The van der Waals surface area contributed by atoms with E-state index in [1.807, 2.05) is 0 Å². The number of aromatic nitrogens is 2. The summed E-state index contributed by atoms with van der Waals surface area (Å²) < 4.78 is 7.08. The Labute approximate surface area is 99.5 Å². The van der Waals surface area contributed by atoms with Crippen LogP contribution >= 0.6 is 15.9 Å². The van der Waals surface area contributed by atoms with Crippen LogP contribution in [-0.4, -0.2) is 15.7 Å². The Kier molecular flexibility index (Phi) is 2.69. The zero-order valence-corrected chi connectivity index (χ0v) is 9.98. The maximum absolute atomic E-state index is 11.7. The number of nitrogens with zero attached hydrogens (tertiary/aromatic N) is 2. The molecule has 0 saturated carbocycles. The average molecular weight is 285 g/mol. The lowest BCUT2D eigenvalue weighted by Crippen LogP contribution is -2.14. The fourth-order valence-electron chi connectivity index (χ4n) is 1.21. The molecule has 0 aliphatic carbocycles. The van der Waals surface area contributed by atoms with Crippen LogP contribution in [0.25, 0.3) is 0 Å². The van der Waals surface area contributed by atoms with E-state index in [1.54, 1.807) is 19.2 Å². The molecule has 2 aromatic heterocycles. The van der Waals surface area contributed by atoms with Crippen molar-refractivity contribution in [3.05, 3.63) is 28.8 Å². The van der Waals surface area contributed by atoms with Crippen molar-refractivity contribution in [2.24, 2.45) is 7.05 Å². The molecule has 2 aromatic rings. The lowest BCUT2D eigenvalue weighted by molar-refractivity contribution is 0.0994. The highest BCUT2D eigenvalue weighted by atomic mass is 79.9. The van der Waals surface area contributed by atoms with Crippen molar-refractivity contribution in [3.63, 3.8) is 0 Å². The number of carbonyl (C=O) groups is 1. The van der Waals surface area contributed by atoms with E-state index in [9.17, 15) is 4.79 Å². The van der Waals surface area contributed by atoms with Gasteiger partial charge >= 0.3 is 0 Å². The summed E-state index contributed by atoms with van der Waals surface area (Å²) in [5.41, 5.74) is 6.04. The monoisotopic (exact) mass is 284 g/mol. The molecule has 0 radical (unpaired) electrons. The summed E-state index contributed by atoms with van der Waals surface area (Å²) in [4.78, 5) is 11.7. The van der Waals surface area contributed by atoms with Crippen molar-refractivity contribution >= 4 is 33.3 Å². The van der Waals surface area contributed by atoms with Crippen molar-refractivity contribution in [1.29, 1.82) is 0 Å². The van der Waals surface area contributed by atoms with Crippen molar-refractivity contribution < 1.29 is 9.21 Å². The largest absolute Gasteiger partial charge is 0.444 e. The lowest BCUT2D eigenvalue weighted by Gasteiger charge is -2.04. The van der Waals surface area contributed by atoms with Gasteiger partial charge in [0.2, 0.25) is 0 Å². The van der Waals surface area contributed by atoms with Gasteiger partial charge in [-0.05, 0) is 28.1 Å². The molecule has 1 amide bonds. The van der Waals surface area contributed by atoms with Crippen LogP contribution in [0, 0.1) is 0 Å². The van der Waals surface area contributed by atoms with Crippen LogP contribution in [0.15, 0.2) is 27.4 Å². The summed E-state index contributed by atoms with van der Waals surface area (Å²) >= 11 is 3.12. The predicted molar refractivity (Wildman–Crippen MR) is 62.0 cm³/mol. The van der Waals surface area contributed by atoms with Crippen molar-refractivity contribution in [3.8, 4) is 0 Å². The molecule has 2 heterocycles. The molecule has 0 aliphatic heterocycles. The Morgan fingerprint density at radius 1 is 1.62 bits per heavy atom. The number of furan rings is 1. The summed E-state index contributed by atoms with van der Waals surface area (Å²) in [5.74, 6) is 0.269. The number of rotatable bonds is 2. The van der Waals surface area contributed by atoms with E-state index in [0.717, 1.165) is 0 Å². The Bertz CT molecular complexity index is 512. The molecule has 0 atom stereocenters. The van der Waals surface area contributed by atoms with Gasteiger partial charge in [0.25, 0.3) is 5.91 Å². The van der Waals surface area contributed by atoms with E-state index in [4.69, 9.17) is 10.2 Å². The molecular weight excluding hydrogens is 276 g/mol. The molecule has 16 heavy (non-hydrogen) atoms. The predicted octanol–water partition coefficient (Wildman–Crippen LogP) is 1.61. The second-order valence-electron chi connectivity index (χ2n) is 3.13. The third-order valence-corrected chi connectivity index (χ3v) is 2.42. The molecule has 0 spiro atoms. The van der Waals surface area contributed by atoms with Crippen molar-refractivity contribution in [2.45, 2.75) is 0 Å². The van der Waals surface area contributed by atoms with Crippen LogP contribution < -0.4 is 11.1 Å². The molecular formula is C9H9BrN4O2. The van der Waals surface area contributed by atoms with Crippen LogP contribution in [0.5, 0.6) is 0 Å². The van der Waals surface area contributed by atoms with Crippen LogP contribution in [0.3, 0.4) is 0 Å². The molecule has 0 aliphatic rings. The van der Waals surface area contributed by atoms with Gasteiger partial charge in [-0.1, -0.05) is 0 Å². The van der Waals surface area contributed by atoms with Crippen LogP contribution in [-0.2, 0) is 7.05 Å². The van der Waals surface area contributed by atoms with E-state index in [2.05, 4.69) is 26.3 Å². The summed E-state index contributed by atoms with van der Waals surface area (Å²) in [6.45, 7) is 0. The molecule has 3 N–H and O–H groups in total. The number of hydrogen-bond acceptors (Lipinski definition) is 4. The number of carbonyl (C=O) groups excluding carboxylic acids is 1. The number of aryl methyl sites for hydroxylation is 1. The first-order valence-electron chi connectivity index (χ1n) is 4.42. The molecule has 2 rings (SSSR count). The van der Waals surface area contributed by atoms with Crippen molar-refractivity contribution in [2.75, 3.05) is 11.1 Å². The quantitative estimate of drug-likeness (QED) is 0.877. The Balaban J connectivity index is 2.20. The molecule has 0 saturated heterocycles. The maximum atomic E-state index is 11.7. The van der Waals surface area contributed by atoms with E-state index >= 15 is 0 Å². The van der Waals surface area contributed by atoms with Gasteiger partial charge in [-0.3, -0.25) is 9.48 Å². The lowest BCUT2D eigenvalue weighted by atomic mass is 10.4. The number of amides is 1. The Morgan fingerprint density at radius 2 is 2.38 bits per heavy atom. The Hall–Kier alpha value is -1.76. The van der Waals surface area contributed by atoms with Crippen molar-refractivity contribution in [1.82, 2.24) is 9.78 Å². The first-order chi connectivity index (χ1) is 7.58. The first-order valence-corrected chi connectivity index (χ1v) is 5.21. The van der Waals surface area contributed by atoms with Gasteiger partial charge in [0.1, 0.15) is 0 Å². The van der Waals surface area contributed by atoms with Gasteiger partial charge in [0.05, 0.1) is 11.9 Å². The molecule has 0 aromatic carbocycles. The van der Waals surface area contributed by atoms with E-state index in [-0.39, 0.29) is 11.7 Å². The highest BCUT2D eigenvalue weighted by Crippen LogP contribution is 2.19.